The Morgan fingerprint density at radius 2 is 2.33 bits per heavy atom. The maximum absolute atomic E-state index is 5.54. The quantitative estimate of drug-likeness (QED) is 0.836. The van der Waals surface area contributed by atoms with Gasteiger partial charge in [-0.2, -0.15) is 4.98 Å². The van der Waals surface area contributed by atoms with Gasteiger partial charge < -0.3 is 14.6 Å². The van der Waals surface area contributed by atoms with Gasteiger partial charge in [0.2, 0.25) is 0 Å². The summed E-state index contributed by atoms with van der Waals surface area (Å²) in [7, 11) is 0. The van der Waals surface area contributed by atoms with E-state index in [1.54, 1.807) is 17.6 Å². The van der Waals surface area contributed by atoms with Crippen molar-refractivity contribution >= 4 is 17.4 Å². The van der Waals surface area contributed by atoms with Gasteiger partial charge >= 0.3 is 0 Å². The van der Waals surface area contributed by atoms with Crippen molar-refractivity contribution in [2.24, 2.45) is 0 Å². The molecule has 2 rings (SSSR count). The SMILES string of the molecule is CCNCc1coc(N(CC)Cc2cccs2)n1. The first-order chi connectivity index (χ1) is 8.83. The molecule has 0 aromatic carbocycles. The third kappa shape index (κ3) is 3.34. The first-order valence-electron chi connectivity index (χ1n) is 6.26. The minimum atomic E-state index is 0.707. The predicted molar refractivity (Wildman–Crippen MR) is 74.9 cm³/mol. The molecule has 0 aliphatic heterocycles. The van der Waals surface area contributed by atoms with Gasteiger partial charge in [-0.3, -0.25) is 0 Å². The molecule has 2 heterocycles. The normalized spacial score (nSPS) is 10.8. The summed E-state index contributed by atoms with van der Waals surface area (Å²) in [6.45, 7) is 7.64. The van der Waals surface area contributed by atoms with Crippen molar-refractivity contribution in [2.45, 2.75) is 26.9 Å². The molecule has 0 spiro atoms. The third-order valence-corrected chi connectivity index (χ3v) is 3.54. The van der Waals surface area contributed by atoms with E-state index in [1.807, 2.05) is 0 Å². The fourth-order valence-corrected chi connectivity index (χ4v) is 2.40. The number of oxazole rings is 1. The van der Waals surface area contributed by atoms with Crippen LogP contribution in [0.4, 0.5) is 6.01 Å². The zero-order chi connectivity index (χ0) is 12.8. The Morgan fingerprint density at radius 3 is 3.00 bits per heavy atom. The van der Waals surface area contributed by atoms with Crippen LogP contribution in [0.2, 0.25) is 0 Å². The molecular formula is C13H19N3OS. The van der Waals surface area contributed by atoms with Gasteiger partial charge in [0.05, 0.1) is 12.2 Å². The summed E-state index contributed by atoms with van der Waals surface area (Å²) in [5.41, 5.74) is 0.955. The van der Waals surface area contributed by atoms with Gasteiger partial charge in [-0.25, -0.2) is 0 Å². The van der Waals surface area contributed by atoms with Crippen LogP contribution in [0.15, 0.2) is 28.2 Å². The van der Waals surface area contributed by atoms with E-state index in [0.717, 1.165) is 31.9 Å². The molecule has 0 unspecified atom stereocenters. The first-order valence-corrected chi connectivity index (χ1v) is 7.14. The Kier molecular flexibility index (Phi) is 4.78. The Morgan fingerprint density at radius 1 is 1.44 bits per heavy atom. The van der Waals surface area contributed by atoms with E-state index in [1.165, 1.54) is 4.88 Å². The van der Waals surface area contributed by atoms with Crippen molar-refractivity contribution in [3.63, 3.8) is 0 Å². The van der Waals surface area contributed by atoms with E-state index in [9.17, 15) is 0 Å². The van der Waals surface area contributed by atoms with Crippen molar-refractivity contribution in [1.82, 2.24) is 10.3 Å². The van der Waals surface area contributed by atoms with Crippen molar-refractivity contribution in [3.8, 4) is 0 Å². The number of aromatic nitrogens is 1. The molecule has 4 nitrogen and oxygen atoms in total. The van der Waals surface area contributed by atoms with Gasteiger partial charge in [-0.1, -0.05) is 13.0 Å². The summed E-state index contributed by atoms with van der Waals surface area (Å²) < 4.78 is 5.54. The largest absolute Gasteiger partial charge is 0.432 e. The molecule has 0 bridgehead atoms. The van der Waals surface area contributed by atoms with Crippen LogP contribution in [0.25, 0.3) is 0 Å². The summed E-state index contributed by atoms with van der Waals surface area (Å²) >= 11 is 1.76. The van der Waals surface area contributed by atoms with E-state index in [4.69, 9.17) is 4.42 Å². The van der Waals surface area contributed by atoms with Crippen LogP contribution < -0.4 is 10.2 Å². The average Bonchev–Trinajstić information content (AvgIpc) is 3.04. The van der Waals surface area contributed by atoms with Gasteiger partial charge in [0.15, 0.2) is 0 Å². The van der Waals surface area contributed by atoms with Crippen LogP contribution >= 0.6 is 11.3 Å². The molecule has 2 aromatic rings. The number of thiophene rings is 1. The second-order valence-corrected chi connectivity index (χ2v) is 5.03. The summed E-state index contributed by atoms with van der Waals surface area (Å²) in [4.78, 5) is 7.96. The molecule has 0 radical (unpaired) electrons. The summed E-state index contributed by atoms with van der Waals surface area (Å²) in [5.74, 6) is 0. The highest BCUT2D eigenvalue weighted by atomic mass is 32.1. The Hall–Kier alpha value is -1.33. The van der Waals surface area contributed by atoms with E-state index in [2.05, 4.69) is 46.6 Å². The summed E-state index contributed by atoms with van der Waals surface area (Å²) in [6, 6.07) is 4.91. The van der Waals surface area contributed by atoms with Gasteiger partial charge in [-0.15, -0.1) is 11.3 Å². The van der Waals surface area contributed by atoms with Crippen LogP contribution in [-0.4, -0.2) is 18.1 Å². The molecule has 0 aliphatic rings. The minimum absolute atomic E-state index is 0.707. The van der Waals surface area contributed by atoms with Crippen molar-refractivity contribution < 1.29 is 4.42 Å². The number of nitrogens with zero attached hydrogens (tertiary/aromatic N) is 2. The van der Waals surface area contributed by atoms with E-state index < -0.39 is 0 Å². The molecule has 0 amide bonds. The molecule has 5 heteroatoms. The predicted octanol–water partition coefficient (Wildman–Crippen LogP) is 2.87. The van der Waals surface area contributed by atoms with Gasteiger partial charge in [0, 0.05) is 18.0 Å². The lowest BCUT2D eigenvalue weighted by Crippen LogP contribution is -2.22. The Labute approximate surface area is 112 Å². The van der Waals surface area contributed by atoms with E-state index in [-0.39, 0.29) is 0 Å². The van der Waals surface area contributed by atoms with Crippen molar-refractivity contribution in [1.29, 1.82) is 0 Å². The van der Waals surface area contributed by atoms with E-state index in [0.29, 0.717) is 6.01 Å². The van der Waals surface area contributed by atoms with Crippen molar-refractivity contribution in [3.05, 3.63) is 34.3 Å². The number of rotatable bonds is 7. The second-order valence-electron chi connectivity index (χ2n) is 4.00. The number of anilines is 1. The van der Waals surface area contributed by atoms with Crippen LogP contribution in [0.3, 0.4) is 0 Å². The van der Waals surface area contributed by atoms with Crippen LogP contribution in [0.1, 0.15) is 24.4 Å². The molecule has 0 saturated heterocycles. The van der Waals surface area contributed by atoms with Crippen LogP contribution in [0, 0.1) is 0 Å². The van der Waals surface area contributed by atoms with E-state index >= 15 is 0 Å². The minimum Gasteiger partial charge on any atom is -0.432 e. The second kappa shape index (κ2) is 6.56. The maximum Gasteiger partial charge on any atom is 0.297 e. The van der Waals surface area contributed by atoms with Gasteiger partial charge in [-0.05, 0) is 24.9 Å². The highest BCUT2D eigenvalue weighted by Gasteiger charge is 2.12. The molecule has 2 aromatic heterocycles. The maximum atomic E-state index is 5.54. The van der Waals surface area contributed by atoms with Crippen molar-refractivity contribution in [2.75, 3.05) is 18.0 Å². The monoisotopic (exact) mass is 265 g/mol. The lowest BCUT2D eigenvalue weighted by Gasteiger charge is -2.17. The number of hydrogen-bond acceptors (Lipinski definition) is 5. The topological polar surface area (TPSA) is 41.3 Å². The number of hydrogen-bond donors (Lipinski definition) is 1. The fourth-order valence-electron chi connectivity index (χ4n) is 1.68. The molecule has 1 N–H and O–H groups in total. The molecule has 0 saturated carbocycles. The lowest BCUT2D eigenvalue weighted by molar-refractivity contribution is 0.534. The smallest absolute Gasteiger partial charge is 0.297 e. The highest BCUT2D eigenvalue weighted by Crippen LogP contribution is 2.18. The third-order valence-electron chi connectivity index (χ3n) is 2.67. The lowest BCUT2D eigenvalue weighted by atomic mass is 10.4. The fraction of sp³-hybridized carbons (Fsp3) is 0.462. The summed E-state index contributed by atoms with van der Waals surface area (Å²) in [5, 5.41) is 5.33. The average molecular weight is 265 g/mol. The molecule has 0 fully saturated rings. The molecule has 18 heavy (non-hydrogen) atoms. The Balaban J connectivity index is 2.00. The first kappa shape index (κ1) is 13.1. The van der Waals surface area contributed by atoms with Gasteiger partial charge in [0.25, 0.3) is 6.01 Å². The zero-order valence-corrected chi connectivity index (χ0v) is 11.7. The van der Waals surface area contributed by atoms with Crippen LogP contribution in [-0.2, 0) is 13.1 Å². The zero-order valence-electron chi connectivity index (χ0n) is 10.8. The molecule has 98 valence electrons. The standard InChI is InChI=1S/C13H19N3OS/c1-3-14-8-11-10-17-13(15-11)16(4-2)9-12-6-5-7-18-12/h5-7,10,14H,3-4,8-9H2,1-2H3. The summed E-state index contributed by atoms with van der Waals surface area (Å²) in [6.07, 6.45) is 1.73. The Bertz CT molecular complexity index is 453. The highest BCUT2D eigenvalue weighted by molar-refractivity contribution is 7.09. The van der Waals surface area contributed by atoms with Crippen LogP contribution in [0.5, 0.6) is 0 Å². The molecular weight excluding hydrogens is 246 g/mol. The van der Waals surface area contributed by atoms with Gasteiger partial charge in [0.1, 0.15) is 6.26 Å². The number of nitrogens with one attached hydrogen (secondary N) is 1. The molecule has 0 atom stereocenters. The molecule has 0 aliphatic carbocycles.